The molecule has 1 spiro atoms. The predicted molar refractivity (Wildman–Crippen MR) is 269 cm³/mol. The van der Waals surface area contributed by atoms with E-state index in [4.69, 9.17) is 37.9 Å². The van der Waals surface area contributed by atoms with E-state index in [9.17, 15) is 34.8 Å². The highest BCUT2D eigenvalue weighted by Gasteiger charge is 2.77. The summed E-state index contributed by atoms with van der Waals surface area (Å²) in [4.78, 5) is 40.0. The maximum Gasteiger partial charge on any atom is 0.340 e. The minimum absolute atomic E-state index is 0.0298. The SMILES string of the molecule is CC(C)=CCCC1(C)C=Cc2c(O)c3c(c(CC=C(C)C)c2O1)OC12C(=CCCC1C(C)(C)OC2(CC=C(C)C(=O)O)C(=O)O)C3=O.COc1ccc2c(c1)OC1(O)COc3cc(OC)c(OC)cc3C1=C2. The van der Waals surface area contributed by atoms with Crippen LogP contribution >= 0.6 is 0 Å². The van der Waals surface area contributed by atoms with Crippen LogP contribution in [0.1, 0.15) is 120 Å². The fraction of sp³-hybridized carbons (Fsp3) is 0.421. The first-order valence-corrected chi connectivity index (χ1v) is 24.0. The molecule has 1 fully saturated rings. The van der Waals surface area contributed by atoms with Gasteiger partial charge in [0.2, 0.25) is 5.60 Å². The second-order valence-electron chi connectivity index (χ2n) is 20.3. The molecule has 3 aromatic carbocycles. The quantitative estimate of drug-likeness (QED) is 0.0984. The summed E-state index contributed by atoms with van der Waals surface area (Å²) in [7, 11) is 4.71. The molecule has 9 rings (SSSR count). The number of rotatable bonds is 12. The number of phenols is 1. The van der Waals surface area contributed by atoms with Crippen LogP contribution in [0.15, 0.2) is 83.0 Å². The molecule has 5 atom stereocenters. The number of allylic oxidation sites excluding steroid dienone is 5. The molecule has 0 aromatic heterocycles. The number of Topliss-reactive ketones (excluding diaryl/α,β-unsaturated/α-hetero) is 1. The van der Waals surface area contributed by atoms with E-state index in [0.29, 0.717) is 82.4 Å². The van der Waals surface area contributed by atoms with Crippen LogP contribution in [0.4, 0.5) is 0 Å². The summed E-state index contributed by atoms with van der Waals surface area (Å²) in [5, 5.41) is 43.4. The summed E-state index contributed by atoms with van der Waals surface area (Å²) < 4.78 is 47.7. The topological polar surface area (TPSA) is 206 Å². The summed E-state index contributed by atoms with van der Waals surface area (Å²) in [6, 6.07) is 9.00. The Morgan fingerprint density at radius 3 is 2.21 bits per heavy atom. The van der Waals surface area contributed by atoms with Crippen LogP contribution in [-0.4, -0.2) is 94.3 Å². The van der Waals surface area contributed by atoms with Crippen LogP contribution in [0.25, 0.3) is 17.7 Å². The number of aromatic hydroxyl groups is 1. The van der Waals surface area contributed by atoms with E-state index in [1.807, 2.05) is 65.0 Å². The zero-order valence-electron chi connectivity index (χ0n) is 42.7. The van der Waals surface area contributed by atoms with Crippen LogP contribution < -0.4 is 33.2 Å². The van der Waals surface area contributed by atoms with Gasteiger partial charge in [0.05, 0.1) is 32.5 Å². The second-order valence-corrected chi connectivity index (χ2v) is 20.3. The van der Waals surface area contributed by atoms with Crippen molar-refractivity contribution in [2.45, 2.75) is 122 Å². The molecule has 5 heterocycles. The Morgan fingerprint density at radius 2 is 1.56 bits per heavy atom. The highest BCUT2D eigenvalue weighted by molar-refractivity contribution is 6.17. The largest absolute Gasteiger partial charge is 0.506 e. The Balaban J connectivity index is 0.000000231. The molecule has 15 nitrogen and oxygen atoms in total. The molecule has 0 amide bonds. The van der Waals surface area contributed by atoms with Crippen LogP contribution in [-0.2, 0) is 20.7 Å². The Labute approximate surface area is 419 Å². The maximum atomic E-state index is 14.7. The number of methoxy groups -OCH3 is 3. The second kappa shape index (κ2) is 18.9. The third kappa shape index (κ3) is 8.59. The summed E-state index contributed by atoms with van der Waals surface area (Å²) in [5.41, 5.74) is -0.499. The van der Waals surface area contributed by atoms with Crippen LogP contribution in [0.3, 0.4) is 0 Å². The number of phenolic OH excluding ortho intramolecular Hbond substituents is 1. The minimum atomic E-state index is -2.16. The summed E-state index contributed by atoms with van der Waals surface area (Å²) in [6.45, 7) is 14.9. The first-order valence-electron chi connectivity index (χ1n) is 24.0. The van der Waals surface area contributed by atoms with Gasteiger partial charge in [-0.3, -0.25) is 4.79 Å². The molecular formula is C57H64O15. The molecule has 15 heteroatoms. The van der Waals surface area contributed by atoms with Gasteiger partial charge in [-0.2, -0.15) is 0 Å². The van der Waals surface area contributed by atoms with Crippen LogP contribution in [0, 0.1) is 5.92 Å². The van der Waals surface area contributed by atoms with Crippen molar-refractivity contribution in [1.82, 2.24) is 0 Å². The highest BCUT2D eigenvalue weighted by Crippen LogP contribution is 2.64. The average molecular weight is 989 g/mol. The average Bonchev–Trinajstić information content (AvgIpc) is 3.53. The van der Waals surface area contributed by atoms with E-state index in [1.54, 1.807) is 65.5 Å². The van der Waals surface area contributed by atoms with Gasteiger partial charge in [0.15, 0.2) is 29.5 Å². The van der Waals surface area contributed by atoms with Gasteiger partial charge in [-0.25, -0.2) is 9.59 Å². The van der Waals surface area contributed by atoms with Crippen LogP contribution in [0.5, 0.6) is 46.0 Å². The third-order valence-electron chi connectivity index (χ3n) is 14.5. The lowest BCUT2D eigenvalue weighted by Gasteiger charge is -2.50. The van der Waals surface area contributed by atoms with Gasteiger partial charge in [0.1, 0.15) is 45.7 Å². The number of fused-ring (bicyclic) bond motifs is 6. The lowest BCUT2D eigenvalue weighted by molar-refractivity contribution is -0.184. The summed E-state index contributed by atoms with van der Waals surface area (Å²) in [5.74, 6) is -2.19. The lowest BCUT2D eigenvalue weighted by atomic mass is 9.60. The molecule has 0 saturated carbocycles. The number of carbonyl (C=O) groups excluding carboxylic acids is 1. The molecule has 5 aliphatic heterocycles. The van der Waals surface area contributed by atoms with Gasteiger partial charge in [0.25, 0.3) is 5.79 Å². The monoisotopic (exact) mass is 988 g/mol. The number of carbonyl (C=O) groups is 3. The van der Waals surface area contributed by atoms with E-state index in [1.165, 1.54) is 18.6 Å². The molecule has 382 valence electrons. The van der Waals surface area contributed by atoms with Gasteiger partial charge < -0.3 is 58.3 Å². The number of hydrogen-bond donors (Lipinski definition) is 4. The van der Waals surface area contributed by atoms with Crippen molar-refractivity contribution in [1.29, 1.82) is 0 Å². The fourth-order valence-electron chi connectivity index (χ4n) is 10.8. The van der Waals surface area contributed by atoms with Gasteiger partial charge in [-0.05, 0) is 124 Å². The molecule has 1 aliphatic carbocycles. The molecule has 0 bridgehead atoms. The fourth-order valence-corrected chi connectivity index (χ4v) is 10.8. The summed E-state index contributed by atoms with van der Waals surface area (Å²) >= 11 is 0. The van der Waals surface area contributed by atoms with Crippen molar-refractivity contribution in [2.24, 2.45) is 5.92 Å². The van der Waals surface area contributed by atoms with Crippen molar-refractivity contribution >= 4 is 35.4 Å². The van der Waals surface area contributed by atoms with E-state index in [-0.39, 0.29) is 41.2 Å². The molecular weight excluding hydrogens is 925 g/mol. The number of ketones is 1. The predicted octanol–water partition coefficient (Wildman–Crippen LogP) is 10.2. The van der Waals surface area contributed by atoms with Gasteiger partial charge in [-0.15, -0.1) is 0 Å². The molecule has 5 unspecified atom stereocenters. The van der Waals surface area contributed by atoms with E-state index >= 15 is 0 Å². The number of carboxylic acids is 2. The Bertz CT molecular complexity index is 2940. The van der Waals surface area contributed by atoms with Gasteiger partial charge in [-0.1, -0.05) is 35.5 Å². The number of ether oxygens (including phenoxy) is 8. The zero-order valence-corrected chi connectivity index (χ0v) is 42.7. The van der Waals surface area contributed by atoms with Crippen molar-refractivity contribution < 1.29 is 72.7 Å². The minimum Gasteiger partial charge on any atom is -0.506 e. The standard InChI is InChI=1S/C38H46O9.C19H18O6/c1-21(2)11-10-18-36(8)19-17-24-29(39)28-30(40)26-12-9-13-27-35(6,7)47-37(34(43)44,20-16-23(5)33(41)42)38(26,27)46-32(28)25(31(24)45-36)15-14-22(3)4;1-21-12-5-4-11-6-14-13-8-17(22-2)18(23-3)9-16(13)24-10-19(14,20)25-15(11)7-12/h11-12,14,16-17,19,27,39H,9-10,13,15,18,20H2,1-8H3,(H,41,42)(H,43,44);4-9,20H,10H2,1-3H3. The molecule has 1 saturated heterocycles. The molecule has 4 N–H and O–H groups in total. The number of carboxylic acid groups (broad SMARTS) is 2. The van der Waals surface area contributed by atoms with E-state index < -0.39 is 51.8 Å². The van der Waals surface area contributed by atoms with Crippen molar-refractivity contribution in [3.8, 4) is 46.0 Å². The Kier molecular flexibility index (Phi) is 13.5. The number of benzene rings is 3. The first-order chi connectivity index (χ1) is 34.0. The highest BCUT2D eigenvalue weighted by atomic mass is 16.7. The molecule has 72 heavy (non-hydrogen) atoms. The van der Waals surface area contributed by atoms with Crippen molar-refractivity contribution in [3.05, 3.63) is 111 Å². The molecule has 6 aliphatic rings. The lowest BCUT2D eigenvalue weighted by Crippen LogP contribution is -2.66. The summed E-state index contributed by atoms with van der Waals surface area (Å²) in [6.07, 6.45) is 15.0. The number of aliphatic hydroxyl groups is 1. The number of hydrogen-bond acceptors (Lipinski definition) is 13. The van der Waals surface area contributed by atoms with E-state index in [0.717, 1.165) is 17.6 Å². The maximum absolute atomic E-state index is 14.7. The van der Waals surface area contributed by atoms with Crippen molar-refractivity contribution in [2.75, 3.05) is 27.9 Å². The Hall–Kier alpha value is -6.97. The third-order valence-corrected chi connectivity index (χ3v) is 14.5. The van der Waals surface area contributed by atoms with Crippen LogP contribution in [0.2, 0.25) is 0 Å². The molecule has 0 radical (unpaired) electrons. The smallest absolute Gasteiger partial charge is 0.340 e. The normalized spacial score (nSPS) is 25.5. The van der Waals surface area contributed by atoms with Gasteiger partial charge >= 0.3 is 11.9 Å². The number of aliphatic carboxylic acids is 2. The Morgan fingerprint density at radius 1 is 0.847 bits per heavy atom. The van der Waals surface area contributed by atoms with E-state index in [2.05, 4.69) is 6.08 Å². The van der Waals surface area contributed by atoms with Crippen molar-refractivity contribution in [3.63, 3.8) is 0 Å². The van der Waals surface area contributed by atoms with Gasteiger partial charge in [0, 0.05) is 57.9 Å². The first kappa shape index (κ1) is 51.4. The molecule has 3 aromatic rings. The zero-order chi connectivity index (χ0) is 52.3.